The first-order valence-corrected chi connectivity index (χ1v) is 7.29. The molecule has 0 saturated carbocycles. The van der Waals surface area contributed by atoms with E-state index in [1.165, 1.54) is 0 Å². The Hall–Kier alpha value is -1.55. The second kappa shape index (κ2) is 4.77. The number of benzene rings is 1. The van der Waals surface area contributed by atoms with E-state index in [9.17, 15) is 9.59 Å². The fourth-order valence-corrected chi connectivity index (χ4v) is 3.34. The number of carbonyl (C=O) groups excluding carboxylic acids is 2. The molecule has 1 aromatic rings. The van der Waals surface area contributed by atoms with Crippen LogP contribution in [-0.4, -0.2) is 35.3 Å². The highest BCUT2D eigenvalue weighted by molar-refractivity contribution is 6.31. The van der Waals surface area contributed by atoms with Crippen LogP contribution in [0, 0.1) is 6.92 Å². The topological polar surface area (TPSA) is 40.6 Å². The number of rotatable bonds is 1. The second-order valence-electron chi connectivity index (χ2n) is 5.46. The van der Waals surface area contributed by atoms with Crippen LogP contribution in [0.4, 0.5) is 5.69 Å². The average Bonchev–Trinajstić information content (AvgIpc) is 2.91. The van der Waals surface area contributed by atoms with Crippen molar-refractivity contribution in [2.45, 2.75) is 38.8 Å². The van der Waals surface area contributed by atoms with Gasteiger partial charge in [0.1, 0.15) is 12.1 Å². The number of anilines is 1. The van der Waals surface area contributed by atoms with Gasteiger partial charge in [0.15, 0.2) is 0 Å². The largest absolute Gasteiger partial charge is 0.329 e. The maximum atomic E-state index is 12.7. The Morgan fingerprint density at radius 2 is 2.00 bits per heavy atom. The van der Waals surface area contributed by atoms with Crippen molar-refractivity contribution >= 4 is 29.1 Å². The van der Waals surface area contributed by atoms with Crippen LogP contribution in [0.5, 0.6) is 0 Å². The van der Waals surface area contributed by atoms with E-state index >= 15 is 0 Å². The van der Waals surface area contributed by atoms with Crippen LogP contribution >= 0.6 is 11.6 Å². The van der Waals surface area contributed by atoms with Crippen molar-refractivity contribution in [2.24, 2.45) is 0 Å². The highest BCUT2D eigenvalue weighted by atomic mass is 35.5. The summed E-state index contributed by atoms with van der Waals surface area (Å²) in [6.07, 6.45) is 1.66. The molecule has 20 heavy (non-hydrogen) atoms. The molecule has 0 bridgehead atoms. The third-order valence-corrected chi connectivity index (χ3v) is 4.71. The second-order valence-corrected chi connectivity index (χ2v) is 5.87. The van der Waals surface area contributed by atoms with Crippen molar-refractivity contribution in [3.05, 3.63) is 28.8 Å². The van der Waals surface area contributed by atoms with Gasteiger partial charge in [0.25, 0.3) is 5.91 Å². The summed E-state index contributed by atoms with van der Waals surface area (Å²) in [5.41, 5.74) is 1.59. The van der Waals surface area contributed by atoms with E-state index in [0.29, 0.717) is 11.6 Å². The van der Waals surface area contributed by atoms with Crippen LogP contribution in [0.3, 0.4) is 0 Å². The van der Waals surface area contributed by atoms with E-state index in [1.54, 1.807) is 22.8 Å². The molecule has 0 radical (unpaired) electrons. The lowest BCUT2D eigenvalue weighted by molar-refractivity contribution is -0.143. The van der Waals surface area contributed by atoms with Gasteiger partial charge in [-0.3, -0.25) is 14.5 Å². The standard InChI is InChI=1S/C15H17ClN2O2/c1-9-11(16)5-3-6-12(9)18-10(2)14(19)17-8-4-7-13(17)15(18)20/h3,5-6,10,13H,4,7-8H2,1-2H3. The van der Waals surface area contributed by atoms with Crippen LogP contribution < -0.4 is 4.90 Å². The summed E-state index contributed by atoms with van der Waals surface area (Å²) >= 11 is 6.14. The molecule has 2 amide bonds. The predicted molar refractivity (Wildman–Crippen MR) is 77.9 cm³/mol. The van der Waals surface area contributed by atoms with E-state index < -0.39 is 6.04 Å². The summed E-state index contributed by atoms with van der Waals surface area (Å²) in [5.74, 6) is 0.0476. The first kappa shape index (κ1) is 13.4. The lowest BCUT2D eigenvalue weighted by Crippen LogP contribution is -2.62. The Bertz CT molecular complexity index is 587. The molecule has 2 saturated heterocycles. The summed E-state index contributed by atoms with van der Waals surface area (Å²) in [7, 11) is 0. The SMILES string of the molecule is Cc1c(Cl)cccc1N1C(=O)C2CCCN2C(=O)C1C. The number of nitrogens with zero attached hydrogens (tertiary/aromatic N) is 2. The van der Waals surface area contributed by atoms with Gasteiger partial charge in [-0.15, -0.1) is 0 Å². The third-order valence-electron chi connectivity index (χ3n) is 4.30. The molecule has 0 aliphatic carbocycles. The summed E-state index contributed by atoms with van der Waals surface area (Å²) in [6.45, 7) is 4.36. The highest BCUT2D eigenvalue weighted by Crippen LogP contribution is 2.34. The quantitative estimate of drug-likeness (QED) is 0.797. The molecule has 0 aromatic heterocycles. The summed E-state index contributed by atoms with van der Waals surface area (Å²) in [4.78, 5) is 28.5. The van der Waals surface area contributed by atoms with Gasteiger partial charge in [0.2, 0.25) is 5.91 Å². The van der Waals surface area contributed by atoms with Crippen molar-refractivity contribution < 1.29 is 9.59 Å². The van der Waals surface area contributed by atoms with E-state index in [4.69, 9.17) is 11.6 Å². The van der Waals surface area contributed by atoms with Crippen molar-refractivity contribution in [3.8, 4) is 0 Å². The first-order chi connectivity index (χ1) is 9.52. The van der Waals surface area contributed by atoms with Crippen LogP contribution in [0.2, 0.25) is 5.02 Å². The molecule has 3 rings (SSSR count). The van der Waals surface area contributed by atoms with Crippen molar-refractivity contribution in [1.29, 1.82) is 0 Å². The fraction of sp³-hybridized carbons (Fsp3) is 0.467. The minimum Gasteiger partial charge on any atom is -0.329 e. The van der Waals surface area contributed by atoms with Crippen molar-refractivity contribution in [3.63, 3.8) is 0 Å². The molecular formula is C15H17ClN2O2. The van der Waals surface area contributed by atoms with Crippen molar-refractivity contribution in [1.82, 2.24) is 4.90 Å². The van der Waals surface area contributed by atoms with Crippen LogP contribution in [0.15, 0.2) is 18.2 Å². The Labute approximate surface area is 123 Å². The lowest BCUT2D eigenvalue weighted by Gasteiger charge is -2.41. The summed E-state index contributed by atoms with van der Waals surface area (Å²) < 4.78 is 0. The van der Waals surface area contributed by atoms with Crippen LogP contribution in [0.25, 0.3) is 0 Å². The lowest BCUT2D eigenvalue weighted by atomic mass is 10.0. The monoisotopic (exact) mass is 292 g/mol. The van der Waals surface area contributed by atoms with Gasteiger partial charge < -0.3 is 4.90 Å². The first-order valence-electron chi connectivity index (χ1n) is 6.91. The number of amides is 2. The Morgan fingerprint density at radius 3 is 2.75 bits per heavy atom. The average molecular weight is 293 g/mol. The molecule has 106 valence electrons. The van der Waals surface area contributed by atoms with Crippen LogP contribution in [-0.2, 0) is 9.59 Å². The molecule has 5 heteroatoms. The normalized spacial score (nSPS) is 26.1. The highest BCUT2D eigenvalue weighted by Gasteiger charge is 2.46. The van der Waals surface area contributed by atoms with Gasteiger partial charge in [-0.1, -0.05) is 17.7 Å². The number of halogens is 1. The maximum Gasteiger partial charge on any atom is 0.250 e. The zero-order valence-electron chi connectivity index (χ0n) is 11.6. The molecule has 2 aliphatic heterocycles. The molecule has 0 spiro atoms. The molecule has 1 aromatic carbocycles. The molecule has 2 aliphatic rings. The molecule has 0 N–H and O–H groups in total. The number of hydrogen-bond acceptors (Lipinski definition) is 2. The number of carbonyl (C=O) groups is 2. The van der Waals surface area contributed by atoms with Crippen LogP contribution in [0.1, 0.15) is 25.3 Å². The molecular weight excluding hydrogens is 276 g/mol. The van der Waals surface area contributed by atoms with E-state index in [1.807, 2.05) is 19.1 Å². The molecule has 2 atom stereocenters. The van der Waals surface area contributed by atoms with Gasteiger partial charge in [0.05, 0.1) is 0 Å². The van der Waals surface area contributed by atoms with Gasteiger partial charge in [-0.25, -0.2) is 0 Å². The Balaban J connectivity index is 2.06. The Morgan fingerprint density at radius 1 is 1.25 bits per heavy atom. The molecule has 2 unspecified atom stereocenters. The third kappa shape index (κ3) is 1.82. The maximum absolute atomic E-state index is 12.7. The number of fused-ring (bicyclic) bond motifs is 1. The molecule has 4 nitrogen and oxygen atoms in total. The Kier molecular flexibility index (Phi) is 3.21. The van der Waals surface area contributed by atoms with Gasteiger partial charge in [-0.05, 0) is 44.4 Å². The molecule has 2 heterocycles. The smallest absolute Gasteiger partial charge is 0.250 e. The van der Waals surface area contributed by atoms with Gasteiger partial charge >= 0.3 is 0 Å². The van der Waals surface area contributed by atoms with E-state index in [0.717, 1.165) is 24.1 Å². The predicted octanol–water partition coefficient (Wildman–Crippen LogP) is 2.37. The number of hydrogen-bond donors (Lipinski definition) is 0. The minimum atomic E-state index is -0.464. The minimum absolute atomic E-state index is 0.0139. The zero-order chi connectivity index (χ0) is 14.4. The fourth-order valence-electron chi connectivity index (χ4n) is 3.17. The molecule has 2 fully saturated rings. The van der Waals surface area contributed by atoms with E-state index in [-0.39, 0.29) is 17.9 Å². The summed E-state index contributed by atoms with van der Waals surface area (Å²) in [6, 6.07) is 4.71. The van der Waals surface area contributed by atoms with Gasteiger partial charge in [0, 0.05) is 17.3 Å². The van der Waals surface area contributed by atoms with Crippen molar-refractivity contribution in [2.75, 3.05) is 11.4 Å². The van der Waals surface area contributed by atoms with Gasteiger partial charge in [-0.2, -0.15) is 0 Å². The zero-order valence-corrected chi connectivity index (χ0v) is 12.4. The summed E-state index contributed by atoms with van der Waals surface area (Å²) in [5, 5.41) is 0.615. The number of piperazine rings is 1. The van der Waals surface area contributed by atoms with E-state index in [2.05, 4.69) is 0 Å².